The molecule has 0 aromatic rings. The highest BCUT2D eigenvalue weighted by atomic mass is 16.5. The first-order valence-electron chi connectivity index (χ1n) is 10.0. The molecule has 0 aliphatic carbocycles. The van der Waals surface area contributed by atoms with Crippen molar-refractivity contribution in [3.8, 4) is 0 Å². The van der Waals surface area contributed by atoms with Gasteiger partial charge < -0.3 is 19.9 Å². The summed E-state index contributed by atoms with van der Waals surface area (Å²) in [6, 6.07) is 0. The maximum atomic E-state index is 5.18. The van der Waals surface area contributed by atoms with Crippen LogP contribution in [0.3, 0.4) is 0 Å². The second kappa shape index (κ2) is 11.0. The van der Waals surface area contributed by atoms with Crippen LogP contribution in [0.5, 0.6) is 0 Å². The number of nitrogens with one attached hydrogen (secondary N) is 1. The summed E-state index contributed by atoms with van der Waals surface area (Å²) in [5.41, 5.74) is 0. The highest BCUT2D eigenvalue weighted by molar-refractivity contribution is 5.80. The third-order valence-corrected chi connectivity index (χ3v) is 5.37. The number of piperazine rings is 1. The molecule has 0 bridgehead atoms. The van der Waals surface area contributed by atoms with Gasteiger partial charge in [0.25, 0.3) is 0 Å². The molecule has 2 rings (SSSR count). The number of ether oxygens (including phenoxy) is 1. The molecule has 2 aliphatic rings. The van der Waals surface area contributed by atoms with Crippen LogP contribution >= 0.6 is 0 Å². The van der Waals surface area contributed by atoms with Crippen LogP contribution in [0, 0.1) is 11.8 Å². The van der Waals surface area contributed by atoms with E-state index in [1.165, 1.54) is 32.5 Å². The minimum atomic E-state index is 0.749. The number of guanidine groups is 1. The Kier molecular flexibility index (Phi) is 8.99. The number of rotatable bonds is 7. The minimum absolute atomic E-state index is 0.749. The van der Waals surface area contributed by atoms with E-state index in [2.05, 4.69) is 38.9 Å². The zero-order valence-corrected chi connectivity index (χ0v) is 16.8. The topological polar surface area (TPSA) is 43.3 Å². The van der Waals surface area contributed by atoms with Crippen molar-refractivity contribution in [1.82, 2.24) is 20.0 Å². The lowest BCUT2D eigenvalue weighted by Gasteiger charge is -2.38. The lowest BCUT2D eigenvalue weighted by atomic mass is 9.97. The summed E-state index contributed by atoms with van der Waals surface area (Å²) in [5, 5.41) is 3.64. The molecule has 0 spiro atoms. The van der Waals surface area contributed by atoms with Crippen LogP contribution in [0.1, 0.15) is 26.7 Å². The van der Waals surface area contributed by atoms with Crippen molar-refractivity contribution in [3.63, 3.8) is 0 Å². The smallest absolute Gasteiger partial charge is 0.193 e. The summed E-state index contributed by atoms with van der Waals surface area (Å²) in [6.45, 7) is 15.6. The monoisotopic (exact) mass is 353 g/mol. The Morgan fingerprint density at radius 1 is 1.08 bits per heavy atom. The van der Waals surface area contributed by atoms with E-state index in [4.69, 9.17) is 4.74 Å². The van der Waals surface area contributed by atoms with Crippen molar-refractivity contribution >= 4 is 5.96 Å². The molecule has 2 heterocycles. The van der Waals surface area contributed by atoms with Crippen LogP contribution in [0.2, 0.25) is 0 Å². The Balaban J connectivity index is 1.66. The first kappa shape index (κ1) is 20.5. The highest BCUT2D eigenvalue weighted by Gasteiger charge is 2.22. The fourth-order valence-corrected chi connectivity index (χ4v) is 3.86. The van der Waals surface area contributed by atoms with Crippen LogP contribution in [0.15, 0.2) is 4.99 Å². The largest absolute Gasteiger partial charge is 0.383 e. The van der Waals surface area contributed by atoms with E-state index in [-0.39, 0.29) is 0 Å². The third kappa shape index (κ3) is 7.12. The van der Waals surface area contributed by atoms with Crippen LogP contribution in [-0.2, 0) is 4.74 Å². The van der Waals surface area contributed by atoms with E-state index in [9.17, 15) is 0 Å². The van der Waals surface area contributed by atoms with Crippen LogP contribution < -0.4 is 5.32 Å². The molecule has 2 fully saturated rings. The van der Waals surface area contributed by atoms with Gasteiger partial charge >= 0.3 is 0 Å². The van der Waals surface area contributed by atoms with Gasteiger partial charge in [-0.25, -0.2) is 0 Å². The second-order valence-corrected chi connectivity index (χ2v) is 7.89. The standard InChI is InChI=1S/C19H39N5O/c1-17(2)16-23-9-11-24(12-10-23)19(20-3)21-15-18-5-7-22(8-6-18)13-14-25-4/h17-18H,5-16H2,1-4H3,(H,20,21). The van der Waals surface area contributed by atoms with Crippen LogP contribution in [0.25, 0.3) is 0 Å². The number of likely N-dealkylation sites (tertiary alicyclic amines) is 1. The molecule has 2 aliphatic heterocycles. The van der Waals surface area contributed by atoms with E-state index in [1.54, 1.807) is 7.11 Å². The van der Waals surface area contributed by atoms with E-state index < -0.39 is 0 Å². The number of piperidine rings is 1. The Morgan fingerprint density at radius 2 is 1.76 bits per heavy atom. The summed E-state index contributed by atoms with van der Waals surface area (Å²) in [7, 11) is 3.70. The first-order chi connectivity index (χ1) is 12.1. The van der Waals surface area contributed by atoms with Gasteiger partial charge in [0.05, 0.1) is 6.61 Å². The van der Waals surface area contributed by atoms with Crippen molar-refractivity contribution < 1.29 is 4.74 Å². The van der Waals surface area contributed by atoms with Crippen molar-refractivity contribution in [1.29, 1.82) is 0 Å². The molecular formula is C19H39N5O. The van der Waals surface area contributed by atoms with Crippen molar-refractivity contribution in [2.45, 2.75) is 26.7 Å². The first-order valence-corrected chi connectivity index (χ1v) is 10.0. The van der Waals surface area contributed by atoms with E-state index in [0.717, 1.165) is 63.7 Å². The summed E-state index contributed by atoms with van der Waals surface area (Å²) in [5.74, 6) is 2.60. The van der Waals surface area contributed by atoms with Gasteiger partial charge in [0.1, 0.15) is 0 Å². The molecule has 6 nitrogen and oxygen atoms in total. The molecule has 6 heteroatoms. The molecule has 0 aromatic carbocycles. The fourth-order valence-electron chi connectivity index (χ4n) is 3.86. The van der Waals surface area contributed by atoms with Crippen molar-refractivity contribution in [2.24, 2.45) is 16.8 Å². The van der Waals surface area contributed by atoms with E-state index >= 15 is 0 Å². The van der Waals surface area contributed by atoms with E-state index in [1.807, 2.05) is 7.05 Å². The molecule has 146 valence electrons. The number of methoxy groups -OCH3 is 1. The Hall–Kier alpha value is -0.850. The van der Waals surface area contributed by atoms with Gasteiger partial charge in [-0.1, -0.05) is 13.8 Å². The zero-order chi connectivity index (χ0) is 18.1. The van der Waals surface area contributed by atoms with Gasteiger partial charge in [0.15, 0.2) is 5.96 Å². The minimum Gasteiger partial charge on any atom is -0.383 e. The van der Waals surface area contributed by atoms with E-state index in [0.29, 0.717) is 0 Å². The molecule has 1 N–H and O–H groups in total. The Morgan fingerprint density at radius 3 is 2.32 bits per heavy atom. The maximum Gasteiger partial charge on any atom is 0.193 e. The molecule has 0 unspecified atom stereocenters. The Bertz CT molecular complexity index is 385. The molecule has 0 amide bonds. The highest BCUT2D eigenvalue weighted by Crippen LogP contribution is 2.16. The summed E-state index contributed by atoms with van der Waals surface area (Å²) >= 11 is 0. The molecule has 0 saturated carbocycles. The maximum absolute atomic E-state index is 5.18. The van der Waals surface area contributed by atoms with Gasteiger partial charge in [-0.3, -0.25) is 9.89 Å². The second-order valence-electron chi connectivity index (χ2n) is 7.89. The molecule has 2 saturated heterocycles. The molecular weight excluding hydrogens is 314 g/mol. The van der Waals surface area contributed by atoms with Gasteiger partial charge in [-0.15, -0.1) is 0 Å². The fraction of sp³-hybridized carbons (Fsp3) is 0.947. The van der Waals surface area contributed by atoms with Gasteiger partial charge in [0.2, 0.25) is 0 Å². The van der Waals surface area contributed by atoms with Crippen molar-refractivity contribution in [2.75, 3.05) is 79.7 Å². The van der Waals surface area contributed by atoms with Gasteiger partial charge in [0, 0.05) is 60.0 Å². The average Bonchev–Trinajstić information content (AvgIpc) is 2.62. The number of nitrogens with zero attached hydrogens (tertiary/aromatic N) is 4. The molecule has 0 radical (unpaired) electrons. The third-order valence-electron chi connectivity index (χ3n) is 5.37. The van der Waals surface area contributed by atoms with Gasteiger partial charge in [-0.2, -0.15) is 0 Å². The summed E-state index contributed by atoms with van der Waals surface area (Å²) in [4.78, 5) is 12.0. The number of hydrogen-bond donors (Lipinski definition) is 1. The lowest BCUT2D eigenvalue weighted by Crippen LogP contribution is -2.53. The lowest BCUT2D eigenvalue weighted by molar-refractivity contribution is 0.120. The summed E-state index contributed by atoms with van der Waals surface area (Å²) in [6.07, 6.45) is 2.55. The predicted octanol–water partition coefficient (Wildman–Crippen LogP) is 1.19. The zero-order valence-electron chi connectivity index (χ0n) is 16.8. The average molecular weight is 354 g/mol. The van der Waals surface area contributed by atoms with Gasteiger partial charge in [-0.05, 0) is 37.8 Å². The van der Waals surface area contributed by atoms with Crippen LogP contribution in [-0.4, -0.2) is 100 Å². The Labute approximate surface area is 154 Å². The SMILES string of the molecule is CN=C(NCC1CCN(CCOC)CC1)N1CCN(CC(C)C)CC1. The predicted molar refractivity (Wildman–Crippen MR) is 105 cm³/mol. The summed E-state index contributed by atoms with van der Waals surface area (Å²) < 4.78 is 5.18. The number of aliphatic imine (C=N–C) groups is 1. The normalized spacial score (nSPS) is 22.0. The van der Waals surface area contributed by atoms with Crippen molar-refractivity contribution in [3.05, 3.63) is 0 Å². The molecule has 0 aromatic heterocycles. The quantitative estimate of drug-likeness (QED) is 0.550. The number of hydrogen-bond acceptors (Lipinski definition) is 4. The van der Waals surface area contributed by atoms with Crippen LogP contribution in [0.4, 0.5) is 0 Å². The molecule has 25 heavy (non-hydrogen) atoms. The molecule has 0 atom stereocenters.